The number of hydrogen-bond acceptors (Lipinski definition) is 10. The lowest BCUT2D eigenvalue weighted by molar-refractivity contribution is -0.0656. The Morgan fingerprint density at radius 2 is 1.89 bits per heavy atom. The Labute approximate surface area is 268 Å². The average Bonchev–Trinajstić information content (AvgIpc) is 3.63. The number of ether oxygens (including phenoxy) is 1. The van der Waals surface area contributed by atoms with E-state index in [1.165, 1.54) is 31.3 Å². The lowest BCUT2D eigenvalue weighted by atomic mass is 9.68. The number of anilines is 2. The zero-order valence-corrected chi connectivity index (χ0v) is 26.7. The number of rotatable bonds is 10. The van der Waals surface area contributed by atoms with Crippen molar-refractivity contribution < 1.29 is 9.13 Å². The van der Waals surface area contributed by atoms with Crippen LogP contribution in [0.25, 0.3) is 11.1 Å². The highest BCUT2D eigenvalue weighted by atomic mass is 19.1. The number of likely N-dealkylation sites (tertiary alicyclic amines) is 1. The van der Waals surface area contributed by atoms with Crippen LogP contribution in [-0.2, 0) is 7.05 Å². The van der Waals surface area contributed by atoms with Crippen LogP contribution in [-0.4, -0.2) is 78.1 Å². The predicted molar refractivity (Wildman–Crippen MR) is 172 cm³/mol. The molecule has 1 spiro atoms. The van der Waals surface area contributed by atoms with Gasteiger partial charge in [-0.15, -0.1) is 10.2 Å². The topological polar surface area (TPSA) is 110 Å². The van der Waals surface area contributed by atoms with E-state index in [1.54, 1.807) is 18.6 Å². The molecule has 1 unspecified atom stereocenters. The SMILES string of the molecule is CC(C)C(C1CC(Nc2ccn(C)n2)C1)N1CC2(CCN(c3ncnnc3Oc3ccc(F)cc3-c3cncnc3C3CC3)C2)C1. The Hall–Kier alpha value is -4.19. The van der Waals surface area contributed by atoms with E-state index in [9.17, 15) is 4.39 Å². The van der Waals surface area contributed by atoms with Crippen molar-refractivity contribution in [2.75, 3.05) is 36.4 Å². The Kier molecular flexibility index (Phi) is 7.34. The molecule has 3 aromatic heterocycles. The van der Waals surface area contributed by atoms with Gasteiger partial charge in [0.2, 0.25) is 0 Å². The minimum Gasteiger partial charge on any atom is -0.434 e. The molecule has 2 saturated heterocycles. The maximum Gasteiger partial charge on any atom is 0.282 e. The number of hydrogen-bond donors (Lipinski definition) is 1. The lowest BCUT2D eigenvalue weighted by Crippen LogP contribution is -2.65. The summed E-state index contributed by atoms with van der Waals surface area (Å²) in [5.74, 6) is 3.78. The largest absolute Gasteiger partial charge is 0.434 e. The van der Waals surface area contributed by atoms with Crippen molar-refractivity contribution in [2.24, 2.45) is 24.3 Å². The van der Waals surface area contributed by atoms with Gasteiger partial charge in [0.25, 0.3) is 5.88 Å². The summed E-state index contributed by atoms with van der Waals surface area (Å²) in [4.78, 5) is 18.4. The highest BCUT2D eigenvalue weighted by Crippen LogP contribution is 2.48. The Morgan fingerprint density at radius 3 is 2.65 bits per heavy atom. The van der Waals surface area contributed by atoms with Gasteiger partial charge in [-0.25, -0.2) is 19.3 Å². The monoisotopic (exact) mass is 624 g/mol. The van der Waals surface area contributed by atoms with Crippen LogP contribution >= 0.6 is 0 Å². The fraction of sp³-hybridized carbons (Fsp3) is 0.529. The summed E-state index contributed by atoms with van der Waals surface area (Å²) in [6.45, 7) is 8.69. The first kappa shape index (κ1) is 29.2. The normalized spacial score (nSPS) is 22.9. The average molecular weight is 625 g/mol. The molecule has 4 aliphatic rings. The molecule has 0 bridgehead atoms. The molecular formula is C34H41FN10O. The highest BCUT2D eigenvalue weighted by molar-refractivity contribution is 5.73. The van der Waals surface area contributed by atoms with Gasteiger partial charge >= 0.3 is 0 Å². The van der Waals surface area contributed by atoms with E-state index in [4.69, 9.17) is 4.74 Å². The summed E-state index contributed by atoms with van der Waals surface area (Å²) in [5.41, 5.74) is 2.56. The van der Waals surface area contributed by atoms with Crippen molar-refractivity contribution in [3.05, 3.63) is 60.8 Å². The van der Waals surface area contributed by atoms with E-state index in [0.29, 0.717) is 52.8 Å². The highest BCUT2D eigenvalue weighted by Gasteiger charge is 2.53. The summed E-state index contributed by atoms with van der Waals surface area (Å²) >= 11 is 0. The molecule has 4 fully saturated rings. The molecule has 8 rings (SSSR count). The smallest absolute Gasteiger partial charge is 0.282 e. The van der Waals surface area contributed by atoms with E-state index in [0.717, 1.165) is 62.5 Å². The zero-order chi connectivity index (χ0) is 31.4. The van der Waals surface area contributed by atoms with Crippen LogP contribution in [0.2, 0.25) is 0 Å². The minimum absolute atomic E-state index is 0.228. The van der Waals surface area contributed by atoms with Crippen LogP contribution in [0.1, 0.15) is 57.6 Å². The molecule has 12 heteroatoms. The van der Waals surface area contributed by atoms with Crippen molar-refractivity contribution in [3.63, 3.8) is 0 Å². The molecule has 240 valence electrons. The van der Waals surface area contributed by atoms with E-state index in [-0.39, 0.29) is 11.2 Å². The van der Waals surface area contributed by atoms with Crippen molar-refractivity contribution in [1.29, 1.82) is 0 Å². The fourth-order valence-electron chi connectivity index (χ4n) is 8.10. The molecule has 4 aromatic rings. The Bertz CT molecular complexity index is 1710. The van der Waals surface area contributed by atoms with E-state index >= 15 is 0 Å². The molecule has 5 heterocycles. The maximum atomic E-state index is 14.5. The van der Waals surface area contributed by atoms with Crippen LogP contribution in [0.3, 0.4) is 0 Å². The number of nitrogens with zero attached hydrogens (tertiary/aromatic N) is 9. The van der Waals surface area contributed by atoms with Crippen molar-refractivity contribution in [2.45, 2.75) is 64.0 Å². The van der Waals surface area contributed by atoms with Gasteiger partial charge in [0.15, 0.2) is 5.82 Å². The van der Waals surface area contributed by atoms with Crippen LogP contribution in [0.15, 0.2) is 49.3 Å². The van der Waals surface area contributed by atoms with Crippen molar-refractivity contribution in [1.82, 2.24) is 39.8 Å². The number of benzene rings is 1. The molecule has 1 aromatic carbocycles. The summed E-state index contributed by atoms with van der Waals surface area (Å²) in [6, 6.07) is 7.66. The Morgan fingerprint density at radius 1 is 1.04 bits per heavy atom. The summed E-state index contributed by atoms with van der Waals surface area (Å²) in [6.07, 6.45) is 12.4. The number of aromatic nitrogens is 7. The third-order valence-electron chi connectivity index (χ3n) is 10.4. The minimum atomic E-state index is -0.344. The maximum absolute atomic E-state index is 14.5. The van der Waals surface area contributed by atoms with Crippen LogP contribution in [0.5, 0.6) is 11.6 Å². The summed E-state index contributed by atoms with van der Waals surface area (Å²) in [7, 11) is 1.95. The molecule has 2 saturated carbocycles. The third kappa shape index (κ3) is 5.56. The zero-order valence-electron chi connectivity index (χ0n) is 26.7. The molecule has 2 aliphatic carbocycles. The van der Waals surface area contributed by atoms with E-state index in [2.05, 4.69) is 59.2 Å². The molecule has 1 N–H and O–H groups in total. The second kappa shape index (κ2) is 11.6. The predicted octanol–water partition coefficient (Wildman–Crippen LogP) is 5.30. The lowest BCUT2D eigenvalue weighted by Gasteiger charge is -2.57. The van der Waals surface area contributed by atoms with E-state index in [1.807, 2.05) is 24.0 Å². The molecule has 1 atom stereocenters. The molecular weight excluding hydrogens is 583 g/mol. The van der Waals surface area contributed by atoms with Crippen molar-refractivity contribution >= 4 is 11.6 Å². The quantitative estimate of drug-likeness (QED) is 0.250. The molecule has 0 radical (unpaired) electrons. The van der Waals surface area contributed by atoms with Gasteiger partial charge in [-0.05, 0) is 62.1 Å². The summed E-state index contributed by atoms with van der Waals surface area (Å²) in [5, 5.41) is 16.5. The Balaban J connectivity index is 0.946. The standard InChI is InChI=1S/C34H41FN10O/c1-21(2)31(23-12-25(13-23)40-29-8-10-43(3)42-29)45-17-34(18-45)9-11-44(16-34)32-33(41-39-20-38-32)46-28-7-6-24(35)14-26(28)27-15-36-19-37-30(27)22-4-5-22/h6-8,10,14-15,19-23,25,31H,4-5,9,11-13,16-18H2,1-3H3,(H,40,42). The first-order valence-corrected chi connectivity index (χ1v) is 16.5. The second-order valence-corrected chi connectivity index (χ2v) is 14.2. The third-order valence-corrected chi connectivity index (χ3v) is 10.4. The van der Waals surface area contributed by atoms with Gasteiger partial charge in [-0.3, -0.25) is 9.58 Å². The van der Waals surface area contributed by atoms with Gasteiger partial charge in [0, 0.05) is 86.2 Å². The summed E-state index contributed by atoms with van der Waals surface area (Å²) < 4.78 is 22.8. The van der Waals surface area contributed by atoms with Gasteiger partial charge in [0.05, 0.1) is 5.69 Å². The van der Waals surface area contributed by atoms with Crippen LogP contribution in [0, 0.1) is 23.1 Å². The second-order valence-electron chi connectivity index (χ2n) is 14.2. The fourth-order valence-corrected chi connectivity index (χ4v) is 8.10. The van der Waals surface area contributed by atoms with Gasteiger partial charge in [-0.2, -0.15) is 5.10 Å². The number of halogens is 1. The van der Waals surface area contributed by atoms with Crippen molar-refractivity contribution in [3.8, 4) is 22.8 Å². The number of nitrogens with one attached hydrogen (secondary N) is 1. The van der Waals surface area contributed by atoms with E-state index < -0.39 is 0 Å². The first-order chi connectivity index (χ1) is 22.3. The number of aryl methyl sites for hydroxylation is 1. The van der Waals surface area contributed by atoms with Gasteiger partial charge < -0.3 is 15.0 Å². The molecule has 11 nitrogen and oxygen atoms in total. The first-order valence-electron chi connectivity index (χ1n) is 16.5. The van der Waals surface area contributed by atoms with Crippen LogP contribution < -0.4 is 15.0 Å². The molecule has 2 aliphatic heterocycles. The van der Waals surface area contributed by atoms with Gasteiger partial charge in [0.1, 0.15) is 30.0 Å². The van der Waals surface area contributed by atoms with Gasteiger partial charge in [-0.1, -0.05) is 13.8 Å². The van der Waals surface area contributed by atoms with Crippen LogP contribution in [0.4, 0.5) is 16.0 Å². The molecule has 46 heavy (non-hydrogen) atoms. The molecule has 0 amide bonds.